The molecule has 0 aliphatic carbocycles. The number of hydrogen-bond acceptors (Lipinski definition) is 5. The fourth-order valence-electron chi connectivity index (χ4n) is 2.34. The normalized spacial score (nSPS) is 14.9. The van der Waals surface area contributed by atoms with Gasteiger partial charge in [0.2, 0.25) is 5.90 Å². The van der Waals surface area contributed by atoms with Gasteiger partial charge in [0.05, 0.1) is 22.8 Å². The van der Waals surface area contributed by atoms with Crippen LogP contribution in [0, 0.1) is 0 Å². The molecular formula is C20H15Cl2NO4. The lowest BCUT2D eigenvalue weighted by Gasteiger charge is -2.03. The van der Waals surface area contributed by atoms with Crippen molar-refractivity contribution in [3.8, 4) is 0 Å². The molecule has 0 spiro atoms. The summed E-state index contributed by atoms with van der Waals surface area (Å²) in [5, 5.41) is 0.812. The molecule has 27 heavy (non-hydrogen) atoms. The van der Waals surface area contributed by atoms with Gasteiger partial charge >= 0.3 is 11.9 Å². The van der Waals surface area contributed by atoms with Crippen molar-refractivity contribution in [3.05, 3.63) is 74.9 Å². The Labute approximate surface area is 166 Å². The van der Waals surface area contributed by atoms with Crippen molar-refractivity contribution in [1.29, 1.82) is 0 Å². The molecular weight excluding hydrogens is 389 g/mol. The van der Waals surface area contributed by atoms with E-state index in [2.05, 4.69) is 4.99 Å². The molecule has 0 N–H and O–H groups in total. The molecule has 0 aromatic heterocycles. The maximum atomic E-state index is 12.1. The summed E-state index contributed by atoms with van der Waals surface area (Å²) < 4.78 is 10.3. The molecule has 0 saturated heterocycles. The van der Waals surface area contributed by atoms with Crippen LogP contribution in [0.3, 0.4) is 0 Å². The first-order chi connectivity index (χ1) is 13.0. The van der Waals surface area contributed by atoms with Gasteiger partial charge in [0.15, 0.2) is 5.70 Å². The minimum atomic E-state index is -0.581. The highest BCUT2D eigenvalue weighted by Gasteiger charge is 2.25. The Morgan fingerprint density at radius 3 is 2.59 bits per heavy atom. The number of esters is 2. The number of carbonyl (C=O) groups is 2. The molecule has 0 amide bonds. The zero-order chi connectivity index (χ0) is 19.4. The first-order valence-electron chi connectivity index (χ1n) is 8.23. The highest BCUT2D eigenvalue weighted by molar-refractivity contribution is 6.37. The van der Waals surface area contributed by atoms with Crippen LogP contribution >= 0.6 is 23.2 Å². The highest BCUT2D eigenvalue weighted by atomic mass is 35.5. The predicted molar refractivity (Wildman–Crippen MR) is 104 cm³/mol. The van der Waals surface area contributed by atoms with Crippen LogP contribution in [-0.4, -0.2) is 24.4 Å². The Balaban J connectivity index is 1.81. The summed E-state index contributed by atoms with van der Waals surface area (Å²) in [6.07, 6.45) is 2.33. The van der Waals surface area contributed by atoms with Gasteiger partial charge in [-0.05, 0) is 48.4 Å². The van der Waals surface area contributed by atoms with Crippen LogP contribution in [-0.2, 0) is 14.3 Å². The molecule has 138 valence electrons. The number of halogens is 2. The van der Waals surface area contributed by atoms with Gasteiger partial charge in [-0.15, -0.1) is 0 Å². The largest absolute Gasteiger partial charge is 0.462 e. The second kappa shape index (κ2) is 8.37. The van der Waals surface area contributed by atoms with E-state index in [1.54, 1.807) is 48.5 Å². The first kappa shape index (κ1) is 19.1. The SMILES string of the molecule is CCCOC(=O)c1ccc(/C=C2\N=C(c3ccc(Cl)cc3Cl)OC2=O)cc1. The molecule has 7 heteroatoms. The van der Waals surface area contributed by atoms with Crippen molar-refractivity contribution in [2.45, 2.75) is 13.3 Å². The summed E-state index contributed by atoms with van der Waals surface area (Å²) in [4.78, 5) is 28.1. The Bertz CT molecular complexity index is 949. The standard InChI is InChI=1S/C20H15Cl2NO4/c1-2-9-26-19(24)13-5-3-12(4-6-13)10-17-20(25)27-18(23-17)15-8-7-14(21)11-16(15)22/h3-8,10-11H,2,9H2,1H3/b17-10-. The van der Waals surface area contributed by atoms with Crippen molar-refractivity contribution >= 4 is 47.1 Å². The van der Waals surface area contributed by atoms with E-state index in [1.165, 1.54) is 0 Å². The molecule has 0 bridgehead atoms. The van der Waals surface area contributed by atoms with Gasteiger partial charge in [0.25, 0.3) is 0 Å². The van der Waals surface area contributed by atoms with Crippen LogP contribution in [0.4, 0.5) is 0 Å². The molecule has 0 atom stereocenters. The lowest BCUT2D eigenvalue weighted by atomic mass is 10.1. The summed E-state index contributed by atoms with van der Waals surface area (Å²) in [6.45, 7) is 2.30. The average molecular weight is 404 g/mol. The van der Waals surface area contributed by atoms with Crippen molar-refractivity contribution in [2.24, 2.45) is 4.99 Å². The third kappa shape index (κ3) is 4.56. The van der Waals surface area contributed by atoms with E-state index in [1.807, 2.05) is 6.92 Å². The maximum absolute atomic E-state index is 12.1. The van der Waals surface area contributed by atoms with Gasteiger partial charge in [0.1, 0.15) is 0 Å². The van der Waals surface area contributed by atoms with Crippen molar-refractivity contribution in [3.63, 3.8) is 0 Å². The summed E-state index contributed by atoms with van der Waals surface area (Å²) >= 11 is 12.0. The van der Waals surface area contributed by atoms with E-state index < -0.39 is 5.97 Å². The lowest BCUT2D eigenvalue weighted by Crippen LogP contribution is -2.06. The Hall–Kier alpha value is -2.63. The number of aliphatic imine (C=N–C) groups is 1. The third-order valence-corrected chi connectivity index (χ3v) is 4.22. The molecule has 2 aromatic rings. The van der Waals surface area contributed by atoms with E-state index in [4.69, 9.17) is 32.7 Å². The molecule has 0 radical (unpaired) electrons. The number of benzene rings is 2. The Morgan fingerprint density at radius 1 is 1.19 bits per heavy atom. The maximum Gasteiger partial charge on any atom is 0.363 e. The lowest BCUT2D eigenvalue weighted by molar-refractivity contribution is -0.129. The van der Waals surface area contributed by atoms with E-state index in [0.29, 0.717) is 33.3 Å². The topological polar surface area (TPSA) is 65.0 Å². The van der Waals surface area contributed by atoms with E-state index >= 15 is 0 Å². The molecule has 0 fully saturated rings. The molecule has 1 aliphatic heterocycles. The molecule has 5 nitrogen and oxygen atoms in total. The van der Waals surface area contributed by atoms with Gasteiger partial charge in [-0.3, -0.25) is 0 Å². The summed E-state index contributed by atoms with van der Waals surface area (Å²) in [5.41, 5.74) is 1.75. The second-order valence-electron chi connectivity index (χ2n) is 5.72. The molecule has 1 heterocycles. The number of carbonyl (C=O) groups excluding carboxylic acids is 2. The van der Waals surface area contributed by atoms with Gasteiger partial charge in [-0.25, -0.2) is 14.6 Å². The number of cyclic esters (lactones) is 1. The van der Waals surface area contributed by atoms with Crippen LogP contribution in [0.2, 0.25) is 10.0 Å². The van der Waals surface area contributed by atoms with Crippen molar-refractivity contribution in [1.82, 2.24) is 0 Å². The van der Waals surface area contributed by atoms with Gasteiger partial charge in [-0.2, -0.15) is 0 Å². The van der Waals surface area contributed by atoms with Gasteiger partial charge in [0, 0.05) is 5.02 Å². The van der Waals surface area contributed by atoms with E-state index in [9.17, 15) is 9.59 Å². The van der Waals surface area contributed by atoms with Crippen LogP contribution in [0.15, 0.2) is 53.2 Å². The Morgan fingerprint density at radius 2 is 1.93 bits per heavy atom. The number of ether oxygens (including phenoxy) is 2. The molecule has 2 aromatic carbocycles. The summed E-state index contributed by atoms with van der Waals surface area (Å²) in [6, 6.07) is 11.5. The monoisotopic (exact) mass is 403 g/mol. The fraction of sp³-hybridized carbons (Fsp3) is 0.150. The number of rotatable bonds is 5. The van der Waals surface area contributed by atoms with Crippen molar-refractivity contribution in [2.75, 3.05) is 6.61 Å². The van der Waals surface area contributed by atoms with E-state index in [-0.39, 0.29) is 17.6 Å². The van der Waals surface area contributed by atoms with Crippen LogP contribution in [0.5, 0.6) is 0 Å². The van der Waals surface area contributed by atoms with Crippen LogP contribution in [0.1, 0.15) is 34.8 Å². The zero-order valence-corrected chi connectivity index (χ0v) is 15.9. The number of nitrogens with zero attached hydrogens (tertiary/aromatic N) is 1. The van der Waals surface area contributed by atoms with E-state index in [0.717, 1.165) is 6.42 Å². The fourth-order valence-corrected chi connectivity index (χ4v) is 2.83. The quantitative estimate of drug-likeness (QED) is 0.525. The van der Waals surface area contributed by atoms with Crippen LogP contribution in [0.25, 0.3) is 6.08 Å². The predicted octanol–water partition coefficient (Wildman–Crippen LogP) is 4.90. The molecule has 0 saturated carbocycles. The number of hydrogen-bond donors (Lipinski definition) is 0. The summed E-state index contributed by atoms with van der Waals surface area (Å²) in [7, 11) is 0. The minimum Gasteiger partial charge on any atom is -0.462 e. The van der Waals surface area contributed by atoms with Gasteiger partial charge in [-0.1, -0.05) is 42.3 Å². The molecule has 0 unspecified atom stereocenters. The van der Waals surface area contributed by atoms with Crippen LogP contribution < -0.4 is 0 Å². The average Bonchev–Trinajstić information content (AvgIpc) is 3.00. The Kier molecular flexibility index (Phi) is 5.94. The zero-order valence-electron chi connectivity index (χ0n) is 14.4. The van der Waals surface area contributed by atoms with Gasteiger partial charge < -0.3 is 9.47 Å². The second-order valence-corrected chi connectivity index (χ2v) is 6.56. The highest BCUT2D eigenvalue weighted by Crippen LogP contribution is 2.26. The first-order valence-corrected chi connectivity index (χ1v) is 8.98. The van der Waals surface area contributed by atoms with Crippen molar-refractivity contribution < 1.29 is 19.1 Å². The summed E-state index contributed by atoms with van der Waals surface area (Å²) in [5.74, 6) is -0.843. The molecule has 3 rings (SSSR count). The molecule has 1 aliphatic rings. The smallest absolute Gasteiger partial charge is 0.363 e. The third-order valence-electron chi connectivity index (χ3n) is 3.67. The minimum absolute atomic E-state index is 0.118.